The Morgan fingerprint density at radius 2 is 2.03 bits per heavy atom. The van der Waals surface area contributed by atoms with Crippen LogP contribution in [-0.2, 0) is 4.74 Å². The standard InChI is InChI=1S/C25H26ClN7O2/c1-14-13-35-7-6-33(14)24-22-20(10-21(26)30-24)28-23(31-22)17-8-16-11-27-18(9-19(16)29-25(17)34)15-4-3-5-32(2)12-15/h4,8-11,14H,3,5-7,12-13H2,1-2H3,(H,28,31)(H,29,34)/t14-/m1/s1. The molecule has 1 saturated heterocycles. The third-order valence-electron chi connectivity index (χ3n) is 6.71. The van der Waals surface area contributed by atoms with E-state index in [9.17, 15) is 4.79 Å². The maximum atomic E-state index is 13.1. The van der Waals surface area contributed by atoms with E-state index >= 15 is 0 Å². The second-order valence-corrected chi connectivity index (χ2v) is 9.68. The third kappa shape index (κ3) is 4.09. The van der Waals surface area contributed by atoms with Crippen LogP contribution in [0.4, 0.5) is 5.82 Å². The van der Waals surface area contributed by atoms with E-state index in [1.807, 2.05) is 18.3 Å². The van der Waals surface area contributed by atoms with Gasteiger partial charge in [0.05, 0.1) is 41.5 Å². The molecule has 4 aromatic rings. The minimum atomic E-state index is -0.219. The highest BCUT2D eigenvalue weighted by atomic mass is 35.5. The predicted molar refractivity (Wildman–Crippen MR) is 138 cm³/mol. The Bertz CT molecular complexity index is 1530. The lowest BCUT2D eigenvalue weighted by Gasteiger charge is -2.34. The Morgan fingerprint density at radius 3 is 2.86 bits per heavy atom. The van der Waals surface area contributed by atoms with E-state index in [2.05, 4.69) is 49.8 Å². The van der Waals surface area contributed by atoms with Gasteiger partial charge in [-0.2, -0.15) is 0 Å². The summed E-state index contributed by atoms with van der Waals surface area (Å²) in [6.45, 7) is 5.89. The van der Waals surface area contributed by atoms with Crippen molar-refractivity contribution in [2.75, 3.05) is 44.8 Å². The molecule has 0 aliphatic carbocycles. The van der Waals surface area contributed by atoms with Crippen LogP contribution in [0.15, 0.2) is 35.3 Å². The first kappa shape index (κ1) is 22.2. The molecule has 4 aromatic heterocycles. The average Bonchev–Trinajstić information content (AvgIpc) is 3.27. The molecule has 9 nitrogen and oxygen atoms in total. The van der Waals surface area contributed by atoms with Crippen LogP contribution in [0.2, 0.25) is 5.15 Å². The number of rotatable bonds is 3. The summed E-state index contributed by atoms with van der Waals surface area (Å²) in [6, 6.07) is 5.66. The van der Waals surface area contributed by atoms with Crippen LogP contribution in [-0.4, -0.2) is 75.8 Å². The summed E-state index contributed by atoms with van der Waals surface area (Å²) in [6.07, 6.45) is 5.03. The van der Waals surface area contributed by atoms with Crippen molar-refractivity contribution in [3.8, 4) is 11.4 Å². The molecule has 6 rings (SSSR count). The molecule has 0 aromatic carbocycles. The molecule has 35 heavy (non-hydrogen) atoms. The molecule has 0 amide bonds. The molecule has 0 radical (unpaired) electrons. The van der Waals surface area contributed by atoms with Gasteiger partial charge in [-0.3, -0.25) is 9.78 Å². The number of anilines is 1. The third-order valence-corrected chi connectivity index (χ3v) is 6.91. The van der Waals surface area contributed by atoms with E-state index in [1.165, 1.54) is 5.57 Å². The summed E-state index contributed by atoms with van der Waals surface area (Å²) in [7, 11) is 2.10. The molecule has 1 atom stereocenters. The van der Waals surface area contributed by atoms with E-state index in [4.69, 9.17) is 21.3 Å². The fraction of sp³-hybridized carbons (Fsp3) is 0.360. The second-order valence-electron chi connectivity index (χ2n) is 9.29. The number of aromatic amines is 2. The summed E-state index contributed by atoms with van der Waals surface area (Å²) < 4.78 is 5.57. The van der Waals surface area contributed by atoms with Crippen LogP contribution in [0.25, 0.3) is 38.9 Å². The number of nitrogens with one attached hydrogen (secondary N) is 2. The van der Waals surface area contributed by atoms with Crippen molar-refractivity contribution < 1.29 is 4.74 Å². The maximum Gasteiger partial charge on any atom is 0.259 e. The number of likely N-dealkylation sites (N-methyl/N-ethyl adjacent to an activating group) is 1. The lowest BCUT2D eigenvalue weighted by molar-refractivity contribution is 0.0987. The van der Waals surface area contributed by atoms with Crippen LogP contribution in [0.1, 0.15) is 19.0 Å². The van der Waals surface area contributed by atoms with E-state index in [-0.39, 0.29) is 11.6 Å². The molecule has 0 spiro atoms. The summed E-state index contributed by atoms with van der Waals surface area (Å²) >= 11 is 6.34. The van der Waals surface area contributed by atoms with Gasteiger partial charge in [-0.05, 0) is 38.1 Å². The molecule has 6 heterocycles. The van der Waals surface area contributed by atoms with E-state index < -0.39 is 0 Å². The molecule has 180 valence electrons. The largest absolute Gasteiger partial charge is 0.377 e. The van der Waals surface area contributed by atoms with Gasteiger partial charge < -0.3 is 24.5 Å². The summed E-state index contributed by atoms with van der Waals surface area (Å²) in [5.74, 6) is 1.16. The Balaban J connectivity index is 1.42. The molecule has 10 heteroatoms. The van der Waals surface area contributed by atoms with Crippen molar-refractivity contribution >= 4 is 44.9 Å². The fourth-order valence-electron chi connectivity index (χ4n) is 4.87. The number of pyridine rings is 3. The van der Waals surface area contributed by atoms with Crippen LogP contribution >= 0.6 is 11.6 Å². The number of fused-ring (bicyclic) bond motifs is 2. The van der Waals surface area contributed by atoms with Crippen molar-refractivity contribution in [1.82, 2.24) is 29.8 Å². The molecular weight excluding hydrogens is 466 g/mol. The minimum Gasteiger partial charge on any atom is -0.377 e. The number of halogens is 1. The van der Waals surface area contributed by atoms with Crippen molar-refractivity contribution in [1.29, 1.82) is 0 Å². The lowest BCUT2D eigenvalue weighted by Crippen LogP contribution is -2.44. The second kappa shape index (κ2) is 8.75. The molecule has 2 N–H and O–H groups in total. The first-order valence-corrected chi connectivity index (χ1v) is 12.2. The van der Waals surface area contributed by atoms with Gasteiger partial charge in [0.2, 0.25) is 0 Å². The number of hydrogen-bond donors (Lipinski definition) is 2. The van der Waals surface area contributed by atoms with Crippen molar-refractivity contribution in [3.05, 3.63) is 51.7 Å². The Kier molecular flexibility index (Phi) is 5.55. The average molecular weight is 492 g/mol. The Morgan fingerprint density at radius 1 is 1.14 bits per heavy atom. The van der Waals surface area contributed by atoms with E-state index in [0.29, 0.717) is 47.6 Å². The lowest BCUT2D eigenvalue weighted by atomic mass is 10.1. The summed E-state index contributed by atoms with van der Waals surface area (Å²) in [5, 5.41) is 1.21. The van der Waals surface area contributed by atoms with E-state index in [1.54, 1.807) is 6.07 Å². The van der Waals surface area contributed by atoms with Crippen LogP contribution in [0.3, 0.4) is 0 Å². The van der Waals surface area contributed by atoms with Crippen molar-refractivity contribution in [2.24, 2.45) is 0 Å². The smallest absolute Gasteiger partial charge is 0.259 e. The normalized spacial score (nSPS) is 19.5. The van der Waals surface area contributed by atoms with Gasteiger partial charge in [0.25, 0.3) is 5.56 Å². The number of H-pyrrole nitrogens is 2. The molecular formula is C25H26ClN7O2. The quantitative estimate of drug-likeness (QED) is 0.423. The van der Waals surface area contributed by atoms with Crippen LogP contribution in [0.5, 0.6) is 0 Å². The first-order chi connectivity index (χ1) is 17.0. The zero-order valence-electron chi connectivity index (χ0n) is 19.6. The minimum absolute atomic E-state index is 0.140. The van der Waals surface area contributed by atoms with Crippen LogP contribution < -0.4 is 10.5 Å². The van der Waals surface area contributed by atoms with Crippen molar-refractivity contribution in [2.45, 2.75) is 19.4 Å². The van der Waals surface area contributed by atoms with Crippen LogP contribution in [0, 0.1) is 0 Å². The number of nitrogens with zero attached hydrogens (tertiary/aromatic N) is 5. The highest BCUT2D eigenvalue weighted by Gasteiger charge is 2.25. The number of morpholine rings is 1. The van der Waals surface area contributed by atoms with E-state index in [0.717, 1.165) is 41.6 Å². The van der Waals surface area contributed by atoms with Gasteiger partial charge in [-0.25, -0.2) is 9.97 Å². The predicted octanol–water partition coefficient (Wildman–Crippen LogP) is 3.46. The Labute approximate surface area is 206 Å². The number of hydrogen-bond acceptors (Lipinski definition) is 7. The first-order valence-electron chi connectivity index (χ1n) is 11.8. The highest BCUT2D eigenvalue weighted by Crippen LogP contribution is 2.31. The monoisotopic (exact) mass is 491 g/mol. The number of ether oxygens (including phenoxy) is 1. The van der Waals surface area contributed by atoms with Gasteiger partial charge in [0.1, 0.15) is 16.5 Å². The molecule has 0 unspecified atom stereocenters. The van der Waals surface area contributed by atoms with Gasteiger partial charge in [0.15, 0.2) is 5.82 Å². The van der Waals surface area contributed by atoms with Gasteiger partial charge in [0, 0.05) is 37.3 Å². The maximum absolute atomic E-state index is 13.1. The fourth-order valence-corrected chi connectivity index (χ4v) is 5.06. The zero-order valence-corrected chi connectivity index (χ0v) is 20.4. The highest BCUT2D eigenvalue weighted by molar-refractivity contribution is 6.30. The molecule has 1 fully saturated rings. The number of imidazole rings is 1. The number of aromatic nitrogens is 5. The summed E-state index contributed by atoms with van der Waals surface area (Å²) in [4.78, 5) is 37.9. The van der Waals surface area contributed by atoms with Gasteiger partial charge >= 0.3 is 0 Å². The van der Waals surface area contributed by atoms with Gasteiger partial charge in [-0.15, -0.1) is 0 Å². The molecule has 2 aliphatic rings. The molecule has 2 aliphatic heterocycles. The molecule has 0 saturated carbocycles. The van der Waals surface area contributed by atoms with Gasteiger partial charge in [-0.1, -0.05) is 17.7 Å². The molecule has 0 bridgehead atoms. The SMILES string of the molecule is C[C@@H]1COCCN1c1nc(Cl)cc2[nH]c(-c3cc4cnc(C5=CCCN(C)C5)cc4[nH]c3=O)nc12. The van der Waals surface area contributed by atoms with Crippen molar-refractivity contribution in [3.63, 3.8) is 0 Å². The topological polar surface area (TPSA) is 103 Å². The Hall–Kier alpha value is -3.27. The summed E-state index contributed by atoms with van der Waals surface area (Å²) in [5.41, 5.74) is 4.45. The zero-order chi connectivity index (χ0) is 24.1.